The highest BCUT2D eigenvalue weighted by Crippen LogP contribution is 2.00. The molecule has 0 aliphatic rings. The molecule has 0 aromatic rings. The Morgan fingerprint density at radius 1 is 0.560 bits per heavy atom. The van der Waals surface area contributed by atoms with Gasteiger partial charge in [0.05, 0.1) is 13.2 Å². The molecule has 146 valence electrons. The normalized spacial score (nSPS) is 10.3. The fourth-order valence-corrected chi connectivity index (χ4v) is 1.91. The van der Waals surface area contributed by atoms with E-state index in [0.29, 0.717) is 13.2 Å². The molecule has 0 amide bonds. The topological polar surface area (TPSA) is 88.1 Å². The first kappa shape index (κ1) is 23.4. The summed E-state index contributed by atoms with van der Waals surface area (Å²) >= 11 is 0. The van der Waals surface area contributed by atoms with Gasteiger partial charge in [-0.2, -0.15) is 0 Å². The minimum absolute atomic E-state index is 0.315. The lowest BCUT2D eigenvalue weighted by molar-refractivity contribution is -0.163. The Hall–Kier alpha value is -1.63. The van der Waals surface area contributed by atoms with Gasteiger partial charge in [0.2, 0.25) is 0 Å². The van der Waals surface area contributed by atoms with Crippen LogP contribution in [0.5, 0.6) is 0 Å². The molecule has 0 fully saturated rings. The van der Waals surface area contributed by atoms with Gasteiger partial charge in [0, 0.05) is 0 Å². The van der Waals surface area contributed by atoms with Gasteiger partial charge in [-0.3, -0.25) is 0 Å². The number of hydrogen-bond acceptors (Lipinski definition) is 7. The minimum atomic E-state index is -0.723. The number of carbonyl (C=O) groups excluding carboxylic acids is 3. The van der Waals surface area contributed by atoms with Crippen LogP contribution >= 0.6 is 0 Å². The lowest BCUT2D eigenvalue weighted by Gasteiger charge is -2.07. The molecule has 0 bridgehead atoms. The first-order chi connectivity index (χ1) is 12.1. The van der Waals surface area contributed by atoms with E-state index in [9.17, 15) is 14.4 Å². The molecule has 0 aromatic carbocycles. The molecular weight excluding hydrogens is 328 g/mol. The molecule has 0 heterocycles. The van der Waals surface area contributed by atoms with E-state index in [2.05, 4.69) is 13.8 Å². The average molecular weight is 360 g/mol. The molecule has 7 heteroatoms. The van der Waals surface area contributed by atoms with Crippen LogP contribution in [0.4, 0.5) is 0 Å². The van der Waals surface area contributed by atoms with Crippen molar-refractivity contribution in [1.29, 1.82) is 0 Å². The molecule has 0 radical (unpaired) electrons. The molecule has 0 spiro atoms. The SMILES string of the molecule is CCCCCCOC(=O)COCC(=O)OCC(=O)OCCCCCC. The Morgan fingerprint density at radius 2 is 1.00 bits per heavy atom. The fraction of sp³-hybridized carbons (Fsp3) is 0.833. The molecular formula is C18H32O7. The highest BCUT2D eigenvalue weighted by molar-refractivity contribution is 5.77. The van der Waals surface area contributed by atoms with Gasteiger partial charge in [-0.25, -0.2) is 14.4 Å². The van der Waals surface area contributed by atoms with E-state index in [0.717, 1.165) is 51.4 Å². The summed E-state index contributed by atoms with van der Waals surface area (Å²) in [5.41, 5.74) is 0. The molecule has 25 heavy (non-hydrogen) atoms. The van der Waals surface area contributed by atoms with Gasteiger partial charge in [-0.15, -0.1) is 0 Å². The van der Waals surface area contributed by atoms with E-state index in [1.165, 1.54) is 0 Å². The van der Waals surface area contributed by atoms with Gasteiger partial charge in [0.15, 0.2) is 6.61 Å². The zero-order valence-electron chi connectivity index (χ0n) is 15.6. The average Bonchev–Trinajstić information content (AvgIpc) is 2.59. The van der Waals surface area contributed by atoms with Crippen molar-refractivity contribution in [3.8, 4) is 0 Å². The molecule has 0 aliphatic carbocycles. The second kappa shape index (κ2) is 17.2. The van der Waals surface area contributed by atoms with Crippen LogP contribution in [-0.2, 0) is 33.3 Å². The van der Waals surface area contributed by atoms with Crippen LogP contribution < -0.4 is 0 Å². The summed E-state index contributed by atoms with van der Waals surface area (Å²) in [5.74, 6) is -1.83. The predicted molar refractivity (Wildman–Crippen MR) is 92.0 cm³/mol. The molecule has 7 nitrogen and oxygen atoms in total. The van der Waals surface area contributed by atoms with E-state index in [-0.39, 0.29) is 6.61 Å². The zero-order valence-corrected chi connectivity index (χ0v) is 15.6. The van der Waals surface area contributed by atoms with Gasteiger partial charge in [-0.05, 0) is 12.8 Å². The van der Waals surface area contributed by atoms with E-state index < -0.39 is 31.1 Å². The molecule has 0 N–H and O–H groups in total. The Bertz CT molecular complexity index is 368. The zero-order chi connectivity index (χ0) is 18.8. The summed E-state index contributed by atoms with van der Waals surface area (Å²) in [7, 11) is 0. The molecule has 0 atom stereocenters. The molecule has 0 aliphatic heterocycles. The smallest absolute Gasteiger partial charge is 0.344 e. The lowest BCUT2D eigenvalue weighted by Crippen LogP contribution is -2.22. The largest absolute Gasteiger partial charge is 0.464 e. The van der Waals surface area contributed by atoms with Crippen LogP contribution in [0.3, 0.4) is 0 Å². The maximum atomic E-state index is 11.4. The van der Waals surface area contributed by atoms with Crippen LogP contribution in [0.15, 0.2) is 0 Å². The maximum absolute atomic E-state index is 11.4. The van der Waals surface area contributed by atoms with Crippen molar-refractivity contribution in [3.05, 3.63) is 0 Å². The van der Waals surface area contributed by atoms with Gasteiger partial charge in [0.25, 0.3) is 0 Å². The van der Waals surface area contributed by atoms with Crippen molar-refractivity contribution in [2.45, 2.75) is 65.2 Å². The number of rotatable bonds is 16. The molecule has 0 saturated heterocycles. The maximum Gasteiger partial charge on any atom is 0.344 e. The summed E-state index contributed by atoms with van der Waals surface area (Å²) in [4.78, 5) is 34.1. The third-order valence-corrected chi connectivity index (χ3v) is 3.31. The van der Waals surface area contributed by atoms with Gasteiger partial charge in [0.1, 0.15) is 13.2 Å². The lowest BCUT2D eigenvalue weighted by atomic mass is 10.2. The van der Waals surface area contributed by atoms with Crippen LogP contribution in [0.2, 0.25) is 0 Å². The summed E-state index contributed by atoms with van der Waals surface area (Å²) in [6.45, 7) is 3.72. The second-order valence-electron chi connectivity index (χ2n) is 5.72. The van der Waals surface area contributed by atoms with Crippen LogP contribution in [0.1, 0.15) is 65.2 Å². The Balaban J connectivity index is 3.50. The van der Waals surface area contributed by atoms with Crippen molar-refractivity contribution in [2.75, 3.05) is 33.0 Å². The molecule has 0 unspecified atom stereocenters. The summed E-state index contributed by atoms with van der Waals surface area (Å²) < 4.78 is 19.5. The molecule has 0 aromatic heterocycles. The Labute approximate surface area is 150 Å². The standard InChI is InChI=1S/C18H32O7/c1-3-5-7-9-11-23-16(19)13-22-14-17(20)25-15-18(21)24-12-10-8-6-4-2/h3-15H2,1-2H3. The summed E-state index contributed by atoms with van der Waals surface area (Å²) in [6.07, 6.45) is 8.09. The molecule has 0 rings (SSSR count). The number of carbonyl (C=O) groups is 3. The van der Waals surface area contributed by atoms with Crippen molar-refractivity contribution >= 4 is 17.9 Å². The Kier molecular flexibility index (Phi) is 16.1. The highest BCUT2D eigenvalue weighted by atomic mass is 16.6. The van der Waals surface area contributed by atoms with Gasteiger partial charge >= 0.3 is 17.9 Å². The van der Waals surface area contributed by atoms with Crippen LogP contribution in [0.25, 0.3) is 0 Å². The third-order valence-electron chi connectivity index (χ3n) is 3.31. The van der Waals surface area contributed by atoms with Crippen molar-refractivity contribution in [1.82, 2.24) is 0 Å². The second-order valence-corrected chi connectivity index (χ2v) is 5.72. The van der Waals surface area contributed by atoms with Crippen LogP contribution in [-0.4, -0.2) is 50.9 Å². The molecule has 0 saturated carbocycles. The number of ether oxygens (including phenoxy) is 4. The van der Waals surface area contributed by atoms with Crippen molar-refractivity contribution in [2.24, 2.45) is 0 Å². The number of hydrogen-bond donors (Lipinski definition) is 0. The van der Waals surface area contributed by atoms with Gasteiger partial charge in [-0.1, -0.05) is 52.4 Å². The Morgan fingerprint density at radius 3 is 1.48 bits per heavy atom. The summed E-state index contributed by atoms with van der Waals surface area (Å²) in [5, 5.41) is 0. The minimum Gasteiger partial charge on any atom is -0.464 e. The monoisotopic (exact) mass is 360 g/mol. The van der Waals surface area contributed by atoms with Gasteiger partial charge < -0.3 is 18.9 Å². The number of esters is 3. The van der Waals surface area contributed by atoms with Crippen LogP contribution in [0, 0.1) is 0 Å². The van der Waals surface area contributed by atoms with E-state index in [1.807, 2.05) is 0 Å². The first-order valence-electron chi connectivity index (χ1n) is 9.14. The van der Waals surface area contributed by atoms with E-state index in [4.69, 9.17) is 18.9 Å². The third kappa shape index (κ3) is 17.0. The summed E-state index contributed by atoms with van der Waals surface area (Å²) in [6, 6.07) is 0. The van der Waals surface area contributed by atoms with Crippen molar-refractivity contribution in [3.63, 3.8) is 0 Å². The van der Waals surface area contributed by atoms with E-state index in [1.54, 1.807) is 0 Å². The first-order valence-corrected chi connectivity index (χ1v) is 9.14. The van der Waals surface area contributed by atoms with E-state index >= 15 is 0 Å². The fourth-order valence-electron chi connectivity index (χ4n) is 1.91. The number of unbranched alkanes of at least 4 members (excludes halogenated alkanes) is 6. The quantitative estimate of drug-likeness (QED) is 0.237. The highest BCUT2D eigenvalue weighted by Gasteiger charge is 2.10. The van der Waals surface area contributed by atoms with Crippen molar-refractivity contribution < 1.29 is 33.3 Å². The predicted octanol–water partition coefficient (Wildman–Crippen LogP) is 2.79.